The van der Waals surface area contributed by atoms with Crippen molar-refractivity contribution in [2.45, 2.75) is 168 Å². The van der Waals surface area contributed by atoms with Gasteiger partial charge < -0.3 is 24.8 Å². The molecule has 0 aromatic heterocycles. The van der Waals surface area contributed by atoms with Crippen LogP contribution in [-0.4, -0.2) is 55.0 Å². The fourth-order valence-corrected chi connectivity index (χ4v) is 6.72. The number of hydrogen-bond acceptors (Lipinski definition) is 6. The lowest BCUT2D eigenvalue weighted by atomic mass is 9.70. The maximum Gasteiger partial charge on any atom is 0.307 e. The molecule has 41 heavy (non-hydrogen) atoms. The van der Waals surface area contributed by atoms with E-state index < -0.39 is 17.3 Å². The molecule has 3 aliphatic rings. The van der Waals surface area contributed by atoms with Crippen LogP contribution in [-0.2, 0) is 28.6 Å². The average Bonchev–Trinajstić information content (AvgIpc) is 3.36. The Kier molecular flexibility index (Phi) is 13.0. The molecule has 3 rings (SSSR count). The van der Waals surface area contributed by atoms with Crippen LogP contribution in [0.4, 0.5) is 0 Å². The molecule has 2 aliphatic carbocycles. The van der Waals surface area contributed by atoms with E-state index >= 15 is 0 Å². The van der Waals surface area contributed by atoms with E-state index in [0.29, 0.717) is 6.61 Å². The fraction of sp³-hybridized carbons (Fsp3) is 0.909. The molecule has 1 heterocycles. The molecule has 3 fully saturated rings. The van der Waals surface area contributed by atoms with Gasteiger partial charge in [0, 0.05) is 17.4 Å². The summed E-state index contributed by atoms with van der Waals surface area (Å²) < 4.78 is 17.4. The highest BCUT2D eigenvalue weighted by Gasteiger charge is 2.46. The maximum absolute atomic E-state index is 13.7. The molecule has 0 radical (unpaired) electrons. The molecule has 8 heteroatoms. The summed E-state index contributed by atoms with van der Waals surface area (Å²) in [7, 11) is 0. The second kappa shape index (κ2) is 15.7. The highest BCUT2D eigenvalue weighted by Crippen LogP contribution is 2.42. The summed E-state index contributed by atoms with van der Waals surface area (Å²) in [4.78, 5) is 39.2. The number of unbranched alkanes of at least 4 members (excludes halogenated alkanes) is 6. The van der Waals surface area contributed by atoms with Gasteiger partial charge in [-0.2, -0.15) is 0 Å². The number of rotatable bonds is 15. The molecule has 0 aromatic rings. The quantitative estimate of drug-likeness (QED) is 0.174. The zero-order valence-corrected chi connectivity index (χ0v) is 26.6. The van der Waals surface area contributed by atoms with E-state index in [1.54, 1.807) is 13.8 Å². The molecule has 0 bridgehead atoms. The van der Waals surface area contributed by atoms with Crippen molar-refractivity contribution in [2.24, 2.45) is 10.8 Å². The predicted octanol–water partition coefficient (Wildman–Crippen LogP) is 6.34. The summed E-state index contributed by atoms with van der Waals surface area (Å²) in [6, 6.07) is -0.132. The lowest BCUT2D eigenvalue weighted by Gasteiger charge is -2.44. The first-order valence-corrected chi connectivity index (χ1v) is 16.6. The minimum Gasteiger partial charge on any atom is -0.460 e. The standard InChI is InChI=1S/C33H58N2O6/c1-6-7-8-9-10-11-13-20-33(21-14-12-15-22-33)30(38)35-25-17-16-18-26(25)40-27(36)19-23-34-29(37)28-31(2,3)24-39-32(4,5)41-28/h25-26,28H,6-24H2,1-5H3,(H,34,37)(H,35,38). The van der Waals surface area contributed by atoms with Gasteiger partial charge in [0.1, 0.15) is 12.2 Å². The number of carbonyl (C=O) groups excluding carboxylic acids is 3. The van der Waals surface area contributed by atoms with E-state index in [9.17, 15) is 14.4 Å². The van der Waals surface area contributed by atoms with E-state index in [1.165, 1.54) is 44.9 Å². The van der Waals surface area contributed by atoms with E-state index in [4.69, 9.17) is 14.2 Å². The van der Waals surface area contributed by atoms with Crippen LogP contribution in [0.3, 0.4) is 0 Å². The van der Waals surface area contributed by atoms with Crippen molar-refractivity contribution in [1.82, 2.24) is 10.6 Å². The summed E-state index contributed by atoms with van der Waals surface area (Å²) in [6.45, 7) is 10.3. The Balaban J connectivity index is 1.44. The van der Waals surface area contributed by atoms with Gasteiger partial charge in [0.05, 0.1) is 19.1 Å². The SMILES string of the molecule is CCCCCCCCCC1(C(=O)NC2CCCC2OC(=O)CCNC(=O)C2OC(C)(C)OCC2(C)C)CCCCC1. The highest BCUT2D eigenvalue weighted by atomic mass is 16.7. The number of esters is 1. The van der Waals surface area contributed by atoms with Gasteiger partial charge in [-0.25, -0.2) is 0 Å². The van der Waals surface area contributed by atoms with Gasteiger partial charge in [-0.05, 0) is 52.4 Å². The number of carbonyl (C=O) groups is 3. The Morgan fingerprint density at radius 2 is 1.56 bits per heavy atom. The van der Waals surface area contributed by atoms with Crippen LogP contribution < -0.4 is 10.6 Å². The summed E-state index contributed by atoms with van der Waals surface area (Å²) in [5, 5.41) is 6.17. The zero-order chi connectivity index (χ0) is 29.9. The highest BCUT2D eigenvalue weighted by molar-refractivity contribution is 5.83. The molecule has 2 saturated carbocycles. The smallest absolute Gasteiger partial charge is 0.307 e. The zero-order valence-electron chi connectivity index (χ0n) is 26.6. The topological polar surface area (TPSA) is 103 Å². The average molecular weight is 579 g/mol. The van der Waals surface area contributed by atoms with Gasteiger partial charge >= 0.3 is 5.97 Å². The van der Waals surface area contributed by atoms with Crippen LogP contribution in [0.5, 0.6) is 0 Å². The van der Waals surface area contributed by atoms with Gasteiger partial charge in [0.15, 0.2) is 5.79 Å². The summed E-state index contributed by atoms with van der Waals surface area (Å²) in [6.07, 6.45) is 16.8. The predicted molar refractivity (Wildman–Crippen MR) is 160 cm³/mol. The van der Waals surface area contributed by atoms with Gasteiger partial charge in [0.25, 0.3) is 0 Å². The van der Waals surface area contributed by atoms with Gasteiger partial charge in [-0.15, -0.1) is 0 Å². The normalized spacial score (nSPS) is 26.7. The molecule has 3 unspecified atom stereocenters. The second-order valence-electron chi connectivity index (χ2n) is 14.0. The summed E-state index contributed by atoms with van der Waals surface area (Å²) >= 11 is 0. The van der Waals surface area contributed by atoms with E-state index in [2.05, 4.69) is 17.6 Å². The maximum atomic E-state index is 13.7. The fourth-order valence-electron chi connectivity index (χ4n) is 6.72. The van der Waals surface area contributed by atoms with E-state index in [0.717, 1.165) is 57.8 Å². The van der Waals surface area contributed by atoms with Crippen LogP contribution >= 0.6 is 0 Å². The van der Waals surface area contributed by atoms with Crippen LogP contribution in [0.1, 0.15) is 144 Å². The van der Waals surface area contributed by atoms with Crippen molar-refractivity contribution < 1.29 is 28.6 Å². The minimum atomic E-state index is -0.831. The van der Waals surface area contributed by atoms with Crippen LogP contribution in [0, 0.1) is 10.8 Å². The van der Waals surface area contributed by atoms with Gasteiger partial charge in [0.2, 0.25) is 11.8 Å². The Morgan fingerprint density at radius 1 is 0.878 bits per heavy atom. The van der Waals surface area contributed by atoms with Crippen molar-refractivity contribution in [2.75, 3.05) is 13.2 Å². The number of nitrogens with one attached hydrogen (secondary N) is 2. The van der Waals surface area contributed by atoms with Crippen LogP contribution in [0.2, 0.25) is 0 Å². The largest absolute Gasteiger partial charge is 0.460 e. The van der Waals surface area contributed by atoms with Crippen molar-refractivity contribution in [1.29, 1.82) is 0 Å². The van der Waals surface area contributed by atoms with E-state index in [-0.39, 0.29) is 48.3 Å². The molecule has 2 amide bonds. The Hall–Kier alpha value is -1.67. The first kappa shape index (κ1) is 33.8. The van der Waals surface area contributed by atoms with Crippen LogP contribution in [0.25, 0.3) is 0 Å². The molecule has 236 valence electrons. The summed E-state index contributed by atoms with van der Waals surface area (Å²) in [5.74, 6) is -1.25. The van der Waals surface area contributed by atoms with E-state index in [1.807, 2.05) is 13.8 Å². The molecule has 2 N–H and O–H groups in total. The first-order chi connectivity index (χ1) is 19.5. The van der Waals surface area contributed by atoms with Gasteiger partial charge in [-0.1, -0.05) is 85.0 Å². The van der Waals surface area contributed by atoms with Crippen molar-refractivity contribution in [3.63, 3.8) is 0 Å². The molecule has 3 atom stereocenters. The third kappa shape index (κ3) is 10.2. The third-order valence-corrected chi connectivity index (χ3v) is 9.37. The molecular weight excluding hydrogens is 520 g/mol. The third-order valence-electron chi connectivity index (χ3n) is 9.37. The summed E-state index contributed by atoms with van der Waals surface area (Å²) in [5.41, 5.74) is -0.739. The number of amides is 2. The second-order valence-corrected chi connectivity index (χ2v) is 14.0. The molecule has 1 aliphatic heterocycles. The number of hydrogen-bond donors (Lipinski definition) is 2. The lowest BCUT2D eigenvalue weighted by molar-refractivity contribution is -0.304. The number of ether oxygens (including phenoxy) is 3. The molecular formula is C33H58N2O6. The van der Waals surface area contributed by atoms with Gasteiger partial charge in [-0.3, -0.25) is 14.4 Å². The Bertz CT molecular complexity index is 851. The van der Waals surface area contributed by atoms with Crippen LogP contribution in [0.15, 0.2) is 0 Å². The molecule has 0 spiro atoms. The first-order valence-electron chi connectivity index (χ1n) is 16.6. The van der Waals surface area contributed by atoms with Crippen molar-refractivity contribution in [3.8, 4) is 0 Å². The molecule has 8 nitrogen and oxygen atoms in total. The Morgan fingerprint density at radius 3 is 2.27 bits per heavy atom. The lowest BCUT2D eigenvalue weighted by Crippen LogP contribution is -2.56. The minimum absolute atomic E-state index is 0.0815. The molecule has 0 aromatic carbocycles. The monoisotopic (exact) mass is 578 g/mol. The van der Waals surface area contributed by atoms with Crippen molar-refractivity contribution >= 4 is 17.8 Å². The van der Waals surface area contributed by atoms with Crippen molar-refractivity contribution in [3.05, 3.63) is 0 Å². The molecule has 1 saturated heterocycles. The Labute approximate surface area is 248 Å².